The molecule has 1 aromatic carbocycles. The number of rotatable bonds is 4. The Morgan fingerprint density at radius 1 is 1.30 bits per heavy atom. The van der Waals surface area contributed by atoms with Crippen LogP contribution >= 0.6 is 11.3 Å². The molecule has 0 spiro atoms. The van der Waals surface area contributed by atoms with Crippen molar-refractivity contribution in [3.8, 4) is 11.6 Å². The van der Waals surface area contributed by atoms with Gasteiger partial charge in [0.05, 0.1) is 12.7 Å². The van der Waals surface area contributed by atoms with Gasteiger partial charge in [0.1, 0.15) is 41.7 Å². The second-order valence-electron chi connectivity index (χ2n) is 7.14. The van der Waals surface area contributed by atoms with E-state index in [1.54, 1.807) is 7.11 Å². The van der Waals surface area contributed by atoms with E-state index in [2.05, 4.69) is 30.0 Å². The molecule has 3 heterocycles. The molecule has 2 N–H and O–H groups in total. The predicted molar refractivity (Wildman–Crippen MR) is 103 cm³/mol. The van der Waals surface area contributed by atoms with Gasteiger partial charge in [-0.2, -0.15) is 4.52 Å². The van der Waals surface area contributed by atoms with Crippen molar-refractivity contribution in [2.24, 2.45) is 0 Å². The normalized spacial score (nSPS) is 24.2. The number of para-hydroxylation sites is 1. The molecule has 1 aliphatic rings. The summed E-state index contributed by atoms with van der Waals surface area (Å²) in [5, 5.41) is 15.3. The Balaban J connectivity index is 1.87. The molecule has 27 heavy (non-hydrogen) atoms. The molecular weight excluding hydrogens is 364 g/mol. The molecule has 0 bridgehead atoms. The Morgan fingerprint density at radius 2 is 2.00 bits per heavy atom. The third kappa shape index (κ3) is 3.28. The highest BCUT2D eigenvalue weighted by atomic mass is 32.1. The molecule has 4 rings (SSSR count). The highest BCUT2D eigenvalue weighted by Crippen LogP contribution is 2.38. The molecule has 0 aliphatic carbocycles. The van der Waals surface area contributed by atoms with Crippen LogP contribution in [0.1, 0.15) is 36.2 Å². The lowest BCUT2D eigenvalue weighted by molar-refractivity contribution is -0.939. The number of nitrogens with one attached hydrogen (secondary N) is 1. The predicted octanol–water partition coefficient (Wildman–Crippen LogP) is 1.59. The topological polar surface area (TPSA) is 73.3 Å². The largest absolute Gasteiger partial charge is 0.496 e. The van der Waals surface area contributed by atoms with Crippen molar-refractivity contribution in [3.05, 3.63) is 40.5 Å². The van der Waals surface area contributed by atoms with Crippen LogP contribution in [0.3, 0.4) is 0 Å². The first kappa shape index (κ1) is 18.2. The lowest BCUT2D eigenvalue weighted by atomic mass is 10.0. The van der Waals surface area contributed by atoms with E-state index in [-0.39, 0.29) is 24.1 Å². The number of quaternary nitrogens is 1. The van der Waals surface area contributed by atoms with Gasteiger partial charge in [-0.25, -0.2) is 4.98 Å². The molecule has 0 unspecified atom stereocenters. The molecule has 7 nitrogen and oxygen atoms in total. The molecule has 1 aliphatic heterocycles. The fourth-order valence-corrected chi connectivity index (χ4v) is 5.22. The van der Waals surface area contributed by atoms with E-state index in [9.17, 15) is 5.11 Å². The summed E-state index contributed by atoms with van der Waals surface area (Å²) in [7, 11) is 1.68. The molecule has 0 amide bonds. The van der Waals surface area contributed by atoms with Gasteiger partial charge in [-0.05, 0) is 32.9 Å². The molecule has 8 heteroatoms. The van der Waals surface area contributed by atoms with Gasteiger partial charge in [-0.1, -0.05) is 23.5 Å². The van der Waals surface area contributed by atoms with Gasteiger partial charge < -0.3 is 19.5 Å². The summed E-state index contributed by atoms with van der Waals surface area (Å²) < 4.78 is 13.1. The molecule has 1 saturated heterocycles. The molecule has 3 aromatic rings. The Morgan fingerprint density at radius 3 is 2.67 bits per heavy atom. The number of ether oxygens (including phenoxy) is 2. The Hall–Kier alpha value is -2.16. The maximum atomic E-state index is 10.9. The average Bonchev–Trinajstić information content (AvgIpc) is 3.13. The summed E-state index contributed by atoms with van der Waals surface area (Å²) >= 11 is 1.49. The van der Waals surface area contributed by atoms with Crippen LogP contribution in [0.5, 0.6) is 11.6 Å². The zero-order chi connectivity index (χ0) is 19.1. The van der Waals surface area contributed by atoms with E-state index in [4.69, 9.17) is 9.47 Å². The van der Waals surface area contributed by atoms with Crippen LogP contribution in [-0.4, -0.2) is 52.1 Å². The minimum absolute atomic E-state index is 0.0799. The first-order chi connectivity index (χ1) is 13.0. The smallest absolute Gasteiger partial charge is 0.235 e. The van der Waals surface area contributed by atoms with Crippen molar-refractivity contribution in [2.75, 3.05) is 20.2 Å². The summed E-state index contributed by atoms with van der Waals surface area (Å²) in [6.45, 7) is 7.72. The highest BCUT2D eigenvalue weighted by molar-refractivity contribution is 7.17. The molecular formula is C19H25N4O3S+. The second-order valence-corrected chi connectivity index (χ2v) is 8.15. The lowest BCUT2D eigenvalue weighted by Crippen LogP contribution is -3.15. The Labute approximate surface area is 162 Å². The second kappa shape index (κ2) is 7.10. The van der Waals surface area contributed by atoms with E-state index >= 15 is 0 Å². The molecule has 2 aromatic heterocycles. The van der Waals surface area contributed by atoms with Crippen LogP contribution in [0.2, 0.25) is 0 Å². The van der Waals surface area contributed by atoms with Crippen LogP contribution in [0.4, 0.5) is 0 Å². The lowest BCUT2D eigenvalue weighted by Gasteiger charge is -2.37. The van der Waals surface area contributed by atoms with E-state index in [1.165, 1.54) is 20.8 Å². The fourth-order valence-electron chi connectivity index (χ4n) is 4.04. The van der Waals surface area contributed by atoms with Gasteiger partial charge in [-0.3, -0.25) is 0 Å². The average molecular weight is 390 g/mol. The Bertz CT molecular complexity index is 944. The quantitative estimate of drug-likeness (QED) is 0.709. The third-order valence-electron chi connectivity index (χ3n) is 4.99. The van der Waals surface area contributed by atoms with Crippen molar-refractivity contribution in [3.63, 3.8) is 0 Å². The maximum absolute atomic E-state index is 10.9. The number of nitrogens with zero attached hydrogens (tertiary/aromatic N) is 3. The number of aryl methyl sites for hydroxylation is 1. The van der Waals surface area contributed by atoms with E-state index in [0.717, 1.165) is 29.3 Å². The summed E-state index contributed by atoms with van der Waals surface area (Å²) in [5.41, 5.74) is 1.05. The standard InChI is InChI=1S/C19H24N4O3S/c1-11-9-22(10-12(2)26-11)16(14-7-5-6-8-15(14)25-4)17-18(24)23-19(27-17)20-13(3)21-23/h5-8,11-12,16,24H,9-10H2,1-4H3/p+1/t11-,12-,16-/m1/s1. The number of thiazole rings is 1. The first-order valence-electron chi connectivity index (χ1n) is 9.16. The zero-order valence-electron chi connectivity index (χ0n) is 16.0. The van der Waals surface area contributed by atoms with Crippen LogP contribution in [0.15, 0.2) is 24.3 Å². The fraction of sp³-hybridized carbons (Fsp3) is 0.474. The number of methoxy groups -OCH3 is 1. The van der Waals surface area contributed by atoms with Gasteiger partial charge in [0.2, 0.25) is 10.8 Å². The first-order valence-corrected chi connectivity index (χ1v) is 9.97. The summed E-state index contributed by atoms with van der Waals surface area (Å²) in [6.07, 6.45) is 0.292. The minimum atomic E-state index is -0.0799. The molecule has 0 radical (unpaired) electrons. The number of benzene rings is 1. The molecule has 144 valence electrons. The molecule has 1 fully saturated rings. The Kier molecular flexibility index (Phi) is 4.79. The van der Waals surface area contributed by atoms with Crippen LogP contribution in [0.25, 0.3) is 4.96 Å². The SMILES string of the molecule is COc1ccccc1[C@H](c1sc2nc(C)nn2c1O)[NH+]1C[C@@H](C)O[C@H](C)C1. The van der Waals surface area contributed by atoms with Crippen molar-refractivity contribution in [1.82, 2.24) is 14.6 Å². The van der Waals surface area contributed by atoms with Gasteiger partial charge in [-0.15, -0.1) is 5.10 Å². The monoisotopic (exact) mass is 389 g/mol. The van der Waals surface area contributed by atoms with Crippen LogP contribution < -0.4 is 9.64 Å². The van der Waals surface area contributed by atoms with Crippen LogP contribution in [-0.2, 0) is 4.74 Å². The van der Waals surface area contributed by atoms with Crippen LogP contribution in [0, 0.1) is 6.92 Å². The summed E-state index contributed by atoms with van der Waals surface area (Å²) in [6, 6.07) is 7.93. The number of hydrogen-bond donors (Lipinski definition) is 2. The van der Waals surface area contributed by atoms with Crippen molar-refractivity contribution < 1.29 is 19.5 Å². The van der Waals surface area contributed by atoms with E-state index < -0.39 is 0 Å². The summed E-state index contributed by atoms with van der Waals surface area (Å²) in [5.74, 6) is 1.63. The zero-order valence-corrected chi connectivity index (χ0v) is 16.8. The van der Waals surface area contributed by atoms with Gasteiger partial charge in [0.25, 0.3) is 0 Å². The van der Waals surface area contributed by atoms with Crippen molar-refractivity contribution in [2.45, 2.75) is 39.0 Å². The number of hydrogen-bond acceptors (Lipinski definition) is 6. The number of morpholine rings is 1. The highest BCUT2D eigenvalue weighted by Gasteiger charge is 2.38. The van der Waals surface area contributed by atoms with Gasteiger partial charge >= 0.3 is 0 Å². The van der Waals surface area contributed by atoms with Gasteiger partial charge in [0.15, 0.2) is 6.04 Å². The minimum Gasteiger partial charge on any atom is -0.496 e. The van der Waals surface area contributed by atoms with Gasteiger partial charge in [0, 0.05) is 0 Å². The van der Waals surface area contributed by atoms with Crippen molar-refractivity contribution in [1.29, 1.82) is 0 Å². The van der Waals surface area contributed by atoms with E-state index in [0.29, 0.717) is 10.8 Å². The number of aromatic nitrogens is 3. The molecule has 3 atom stereocenters. The van der Waals surface area contributed by atoms with Crippen molar-refractivity contribution >= 4 is 16.3 Å². The number of aromatic hydroxyl groups is 1. The van der Waals surface area contributed by atoms with E-state index in [1.807, 2.05) is 25.1 Å². The summed E-state index contributed by atoms with van der Waals surface area (Å²) in [4.78, 5) is 7.32. The molecule has 0 saturated carbocycles. The maximum Gasteiger partial charge on any atom is 0.235 e. The number of fused-ring (bicyclic) bond motifs is 1. The third-order valence-corrected chi connectivity index (χ3v) is 6.07.